The third-order valence-electron chi connectivity index (χ3n) is 5.23. The van der Waals surface area contributed by atoms with E-state index in [-0.39, 0.29) is 0 Å². The normalized spacial score (nSPS) is 25.1. The SMILES string of the molecule is CC1CCCN(C(CN)c2cccc3ccccc23)C1C. The van der Waals surface area contributed by atoms with Crippen LogP contribution in [0.15, 0.2) is 42.5 Å². The Morgan fingerprint density at radius 2 is 1.90 bits per heavy atom. The van der Waals surface area contributed by atoms with Gasteiger partial charge in [0.2, 0.25) is 0 Å². The lowest BCUT2D eigenvalue weighted by atomic mass is 9.88. The largest absolute Gasteiger partial charge is 0.329 e. The van der Waals surface area contributed by atoms with E-state index in [0.717, 1.165) is 12.5 Å². The first kappa shape index (κ1) is 14.6. The van der Waals surface area contributed by atoms with Gasteiger partial charge in [-0.3, -0.25) is 4.90 Å². The van der Waals surface area contributed by atoms with Gasteiger partial charge in [0.15, 0.2) is 0 Å². The summed E-state index contributed by atoms with van der Waals surface area (Å²) in [5.41, 5.74) is 7.58. The fraction of sp³-hybridized carbons (Fsp3) is 0.474. The van der Waals surface area contributed by atoms with E-state index >= 15 is 0 Å². The number of piperidine rings is 1. The van der Waals surface area contributed by atoms with E-state index in [9.17, 15) is 0 Å². The maximum absolute atomic E-state index is 6.19. The van der Waals surface area contributed by atoms with Gasteiger partial charge in [0.05, 0.1) is 0 Å². The Bertz CT molecular complexity index is 602. The molecule has 112 valence electrons. The van der Waals surface area contributed by atoms with Gasteiger partial charge in [-0.1, -0.05) is 49.4 Å². The minimum absolute atomic E-state index is 0.328. The number of likely N-dealkylation sites (tertiary alicyclic amines) is 1. The molecule has 2 N–H and O–H groups in total. The highest BCUT2D eigenvalue weighted by Gasteiger charge is 2.30. The molecule has 3 unspecified atom stereocenters. The molecule has 1 saturated heterocycles. The van der Waals surface area contributed by atoms with Gasteiger partial charge in [0.1, 0.15) is 0 Å². The zero-order chi connectivity index (χ0) is 14.8. The van der Waals surface area contributed by atoms with Gasteiger partial charge in [0.25, 0.3) is 0 Å². The molecule has 0 aromatic heterocycles. The zero-order valence-corrected chi connectivity index (χ0v) is 13.1. The van der Waals surface area contributed by atoms with Crippen LogP contribution < -0.4 is 5.73 Å². The number of hydrogen-bond acceptors (Lipinski definition) is 2. The first-order valence-electron chi connectivity index (χ1n) is 8.16. The van der Waals surface area contributed by atoms with Gasteiger partial charge < -0.3 is 5.73 Å². The lowest BCUT2D eigenvalue weighted by Gasteiger charge is -2.43. The van der Waals surface area contributed by atoms with E-state index < -0.39 is 0 Å². The summed E-state index contributed by atoms with van der Waals surface area (Å²) < 4.78 is 0. The van der Waals surface area contributed by atoms with Crippen LogP contribution in [-0.2, 0) is 0 Å². The van der Waals surface area contributed by atoms with Crippen LogP contribution in [0.5, 0.6) is 0 Å². The zero-order valence-electron chi connectivity index (χ0n) is 13.1. The van der Waals surface area contributed by atoms with Crippen LogP contribution in [-0.4, -0.2) is 24.0 Å². The number of nitrogens with zero attached hydrogens (tertiary/aromatic N) is 1. The van der Waals surface area contributed by atoms with E-state index in [4.69, 9.17) is 5.73 Å². The van der Waals surface area contributed by atoms with Gasteiger partial charge in [-0.25, -0.2) is 0 Å². The number of hydrogen-bond donors (Lipinski definition) is 1. The molecule has 1 heterocycles. The molecule has 2 heteroatoms. The second-order valence-corrected chi connectivity index (χ2v) is 6.42. The molecular formula is C19H26N2. The van der Waals surface area contributed by atoms with Crippen molar-refractivity contribution in [3.05, 3.63) is 48.0 Å². The van der Waals surface area contributed by atoms with Crippen LogP contribution >= 0.6 is 0 Å². The Labute approximate surface area is 127 Å². The second-order valence-electron chi connectivity index (χ2n) is 6.42. The monoisotopic (exact) mass is 282 g/mol. The Balaban J connectivity index is 2.02. The maximum Gasteiger partial charge on any atom is 0.0479 e. The molecule has 0 spiro atoms. The smallest absolute Gasteiger partial charge is 0.0479 e. The molecule has 2 aromatic rings. The van der Waals surface area contributed by atoms with Crippen LogP contribution in [0.25, 0.3) is 10.8 Å². The lowest BCUT2D eigenvalue weighted by Crippen LogP contribution is -2.46. The van der Waals surface area contributed by atoms with E-state index in [2.05, 4.69) is 61.2 Å². The fourth-order valence-corrected chi connectivity index (χ4v) is 3.79. The molecule has 2 nitrogen and oxygen atoms in total. The average molecular weight is 282 g/mol. The van der Waals surface area contributed by atoms with Gasteiger partial charge >= 0.3 is 0 Å². The Morgan fingerprint density at radius 3 is 2.71 bits per heavy atom. The number of nitrogens with two attached hydrogens (primary N) is 1. The number of fused-ring (bicyclic) bond motifs is 1. The molecule has 0 radical (unpaired) electrons. The molecule has 0 saturated carbocycles. The topological polar surface area (TPSA) is 29.3 Å². The first-order valence-corrected chi connectivity index (χ1v) is 8.16. The molecule has 0 aliphatic carbocycles. The molecule has 3 rings (SSSR count). The predicted octanol–water partition coefficient (Wildman–Crippen LogP) is 3.96. The van der Waals surface area contributed by atoms with Crippen LogP contribution in [0, 0.1) is 5.92 Å². The summed E-state index contributed by atoms with van der Waals surface area (Å²) in [6.45, 7) is 6.58. The van der Waals surface area contributed by atoms with E-state index in [1.807, 2.05) is 0 Å². The van der Waals surface area contributed by atoms with Gasteiger partial charge in [0, 0.05) is 18.6 Å². The minimum Gasteiger partial charge on any atom is -0.329 e. The van der Waals surface area contributed by atoms with Crippen molar-refractivity contribution in [1.82, 2.24) is 4.90 Å². The number of rotatable bonds is 3. The van der Waals surface area contributed by atoms with Crippen molar-refractivity contribution < 1.29 is 0 Å². The van der Waals surface area contributed by atoms with Crippen LogP contribution in [0.2, 0.25) is 0 Å². The van der Waals surface area contributed by atoms with Crippen molar-refractivity contribution in [3.8, 4) is 0 Å². The van der Waals surface area contributed by atoms with Crippen molar-refractivity contribution in [2.24, 2.45) is 11.7 Å². The summed E-state index contributed by atoms with van der Waals surface area (Å²) in [4.78, 5) is 2.62. The third kappa shape index (κ3) is 2.70. The molecule has 1 aliphatic heterocycles. The average Bonchev–Trinajstić information content (AvgIpc) is 2.52. The Morgan fingerprint density at radius 1 is 1.14 bits per heavy atom. The fourth-order valence-electron chi connectivity index (χ4n) is 3.79. The van der Waals surface area contributed by atoms with Crippen molar-refractivity contribution in [3.63, 3.8) is 0 Å². The van der Waals surface area contributed by atoms with Gasteiger partial charge in [-0.05, 0) is 48.6 Å². The molecule has 21 heavy (non-hydrogen) atoms. The van der Waals surface area contributed by atoms with Crippen molar-refractivity contribution in [2.45, 2.75) is 38.8 Å². The van der Waals surface area contributed by atoms with Crippen LogP contribution in [0.3, 0.4) is 0 Å². The second kappa shape index (κ2) is 6.17. The molecule has 1 fully saturated rings. The van der Waals surface area contributed by atoms with Gasteiger partial charge in [-0.15, -0.1) is 0 Å². The van der Waals surface area contributed by atoms with Gasteiger partial charge in [-0.2, -0.15) is 0 Å². The quantitative estimate of drug-likeness (QED) is 0.923. The highest BCUT2D eigenvalue weighted by molar-refractivity contribution is 5.86. The summed E-state index contributed by atoms with van der Waals surface area (Å²) in [6, 6.07) is 16.2. The summed E-state index contributed by atoms with van der Waals surface area (Å²) in [7, 11) is 0. The standard InChI is InChI=1S/C19H26N2/c1-14-7-6-12-21(15(14)2)19(13-20)18-11-5-9-16-8-3-4-10-17(16)18/h3-5,8-11,14-15,19H,6-7,12-13,20H2,1-2H3. The summed E-state index contributed by atoms with van der Waals surface area (Å²) in [5, 5.41) is 2.66. The molecule has 0 amide bonds. The molecule has 0 bridgehead atoms. The van der Waals surface area contributed by atoms with Crippen molar-refractivity contribution >= 4 is 10.8 Å². The maximum atomic E-state index is 6.19. The lowest BCUT2D eigenvalue weighted by molar-refractivity contribution is 0.0715. The van der Waals surface area contributed by atoms with Crippen LogP contribution in [0.1, 0.15) is 38.3 Å². The summed E-state index contributed by atoms with van der Waals surface area (Å²) in [5.74, 6) is 0.753. The third-order valence-corrected chi connectivity index (χ3v) is 5.23. The highest BCUT2D eigenvalue weighted by atomic mass is 15.2. The van der Waals surface area contributed by atoms with Crippen LogP contribution in [0.4, 0.5) is 0 Å². The van der Waals surface area contributed by atoms with E-state index in [1.165, 1.54) is 29.2 Å². The molecular weight excluding hydrogens is 256 g/mol. The first-order chi connectivity index (χ1) is 10.2. The molecule has 3 atom stereocenters. The molecule has 2 aromatic carbocycles. The minimum atomic E-state index is 0.328. The highest BCUT2D eigenvalue weighted by Crippen LogP contribution is 2.34. The van der Waals surface area contributed by atoms with E-state index in [1.54, 1.807) is 0 Å². The Kier molecular flexibility index (Phi) is 4.27. The number of benzene rings is 2. The summed E-state index contributed by atoms with van der Waals surface area (Å²) in [6.07, 6.45) is 2.62. The van der Waals surface area contributed by atoms with Crippen molar-refractivity contribution in [1.29, 1.82) is 0 Å². The molecule has 1 aliphatic rings. The predicted molar refractivity (Wildman–Crippen MR) is 90.3 cm³/mol. The summed E-state index contributed by atoms with van der Waals surface area (Å²) >= 11 is 0. The van der Waals surface area contributed by atoms with E-state index in [0.29, 0.717) is 18.6 Å². The Hall–Kier alpha value is -1.38. The van der Waals surface area contributed by atoms with Crippen molar-refractivity contribution in [2.75, 3.05) is 13.1 Å².